The number of amides is 7. The van der Waals surface area contributed by atoms with Crippen LogP contribution >= 0.6 is 11.3 Å². The quantitative estimate of drug-likeness (QED) is 0.0609. The molecular formula is C53H60FN9O11S. The summed E-state index contributed by atoms with van der Waals surface area (Å²) in [6.45, 7) is 6.52. The van der Waals surface area contributed by atoms with Crippen LogP contribution in [0.15, 0.2) is 70.7 Å². The molecule has 2 fully saturated rings. The van der Waals surface area contributed by atoms with Crippen LogP contribution in [0.2, 0.25) is 0 Å². The van der Waals surface area contributed by atoms with Gasteiger partial charge in [-0.1, -0.05) is 50.2 Å². The van der Waals surface area contributed by atoms with Crippen molar-refractivity contribution in [1.82, 2.24) is 46.5 Å². The Kier molecular flexibility index (Phi) is 15.7. The zero-order chi connectivity index (χ0) is 53.9. The molecule has 5 aromatic rings. The molecule has 1 unspecified atom stereocenters. The third kappa shape index (κ3) is 12.3. The number of aliphatic hydroxyl groups excluding tert-OH is 1. The molecule has 22 heteroatoms. The number of alkyl halides is 1. The molecule has 2 aliphatic carbocycles. The SMILES string of the molecule is Cc1ncsc1-c1ccc(CNC(=O)[C@@H]2C[C@@H](O)CN2C(=O)C(NC(=O)C2(F)CC2)C(C)(C)C)c(OCC(=O)NCCNC(=O)c2ccc3c(c2)[C@H](NC(=O)c2cc(-c4ccc(C(=O)N(C)C)c(O)c4)on2)CC3)c1. The van der Waals surface area contributed by atoms with Gasteiger partial charge >= 0.3 is 0 Å². The van der Waals surface area contributed by atoms with Crippen molar-refractivity contribution in [1.29, 1.82) is 0 Å². The number of halogens is 1. The second-order valence-corrected chi connectivity index (χ2v) is 21.2. The van der Waals surface area contributed by atoms with Crippen molar-refractivity contribution >= 4 is 52.7 Å². The number of hydrogen-bond acceptors (Lipinski definition) is 14. The van der Waals surface area contributed by atoms with Crippen LogP contribution in [0.3, 0.4) is 0 Å². The Morgan fingerprint density at radius 3 is 2.40 bits per heavy atom. The Morgan fingerprint density at radius 1 is 0.960 bits per heavy atom. The molecule has 2 aromatic heterocycles. The number of aromatic nitrogens is 2. The summed E-state index contributed by atoms with van der Waals surface area (Å²) in [5, 5.41) is 38.9. The van der Waals surface area contributed by atoms with Crippen molar-refractivity contribution in [2.24, 2.45) is 5.41 Å². The van der Waals surface area contributed by atoms with Crippen molar-refractivity contribution in [3.05, 3.63) is 105 Å². The molecule has 0 radical (unpaired) electrons. The topological polar surface area (TPSA) is 275 Å². The summed E-state index contributed by atoms with van der Waals surface area (Å²) >= 11 is 1.42. The van der Waals surface area contributed by atoms with Gasteiger partial charge in [0.1, 0.15) is 23.6 Å². The molecule has 3 heterocycles. The maximum Gasteiger partial charge on any atom is 0.273 e. The van der Waals surface area contributed by atoms with Gasteiger partial charge in [0.15, 0.2) is 23.7 Å². The minimum absolute atomic E-state index is 0.00426. The van der Waals surface area contributed by atoms with E-state index < -0.39 is 77.4 Å². The summed E-state index contributed by atoms with van der Waals surface area (Å²) < 4.78 is 26.1. The summed E-state index contributed by atoms with van der Waals surface area (Å²) in [6.07, 6.45) is 0.319. The Labute approximate surface area is 435 Å². The number of fused-ring (bicyclic) bond motifs is 1. The maximum atomic E-state index is 14.7. The number of thiazole rings is 1. The van der Waals surface area contributed by atoms with Gasteiger partial charge in [-0.3, -0.25) is 33.6 Å². The van der Waals surface area contributed by atoms with Gasteiger partial charge in [-0.25, -0.2) is 9.37 Å². The molecule has 7 N–H and O–H groups in total. The number of rotatable bonds is 18. The van der Waals surface area contributed by atoms with Crippen LogP contribution in [-0.2, 0) is 32.1 Å². The van der Waals surface area contributed by atoms with Crippen molar-refractivity contribution < 1.29 is 57.4 Å². The minimum Gasteiger partial charge on any atom is -0.507 e. The lowest BCUT2D eigenvalue weighted by Gasteiger charge is -2.35. The van der Waals surface area contributed by atoms with Gasteiger partial charge in [0.05, 0.1) is 33.8 Å². The Balaban J connectivity index is 0.837. The number of ether oxygens (including phenoxy) is 1. The standard InChI is InChI=1S/C53H60FN9O11S/c1-28-44(75-27-58-28)31-8-10-33(24-57-48(69)39-22-34(64)25-63(39)50(71)45(52(2,3)4)60-51(72)53(54)15-16-53)41(21-31)73-26-43(66)55-17-18-56-46(67)32-9-7-29-12-14-37(36(29)19-32)59-47(68)38-23-42(74-61-38)30-11-13-35(40(65)20-30)49(70)62(5)6/h7-11,13,19-21,23,27,34,37,39,45,64-65H,12,14-18,22,24-26H2,1-6H3,(H,55,66)(H,56,67)(H,57,69)(H,59,68)(H,60,72)/t34-,37-,39+,45?/m1/s1. The lowest BCUT2D eigenvalue weighted by atomic mass is 9.85. The highest BCUT2D eigenvalue weighted by Crippen LogP contribution is 2.41. The normalized spacial score (nSPS) is 17.8. The summed E-state index contributed by atoms with van der Waals surface area (Å²) in [4.78, 5) is 100. The smallest absolute Gasteiger partial charge is 0.273 e. The molecule has 4 atom stereocenters. The fourth-order valence-corrected chi connectivity index (χ4v) is 9.80. The number of aryl methyl sites for hydroxylation is 2. The van der Waals surface area contributed by atoms with Crippen molar-refractivity contribution in [2.75, 3.05) is 40.3 Å². The van der Waals surface area contributed by atoms with Crippen molar-refractivity contribution in [3.63, 3.8) is 0 Å². The van der Waals surface area contributed by atoms with E-state index in [-0.39, 0.29) is 74.1 Å². The number of nitrogens with one attached hydrogen (secondary N) is 5. The first kappa shape index (κ1) is 53.6. The van der Waals surface area contributed by atoms with Crippen LogP contribution in [0.25, 0.3) is 21.8 Å². The van der Waals surface area contributed by atoms with Crippen molar-refractivity contribution in [2.45, 2.75) is 96.2 Å². The number of hydrogen-bond donors (Lipinski definition) is 7. The number of nitrogens with zero attached hydrogens (tertiary/aromatic N) is 4. The molecule has 20 nitrogen and oxygen atoms in total. The number of β-amino-alcohol motifs (C(OH)–C–C–N with tert-alkyl or cyclic N) is 1. The Bertz CT molecular complexity index is 3040. The first-order valence-corrected chi connectivity index (χ1v) is 25.4. The number of carbonyl (C=O) groups is 7. The van der Waals surface area contributed by atoms with Gasteiger partial charge < -0.3 is 55.9 Å². The molecule has 0 spiro atoms. The minimum atomic E-state index is -2.02. The number of phenolic OH excluding ortho intramolecular Hbond substituents is 1. The molecule has 3 aromatic carbocycles. The molecular weight excluding hydrogens is 990 g/mol. The summed E-state index contributed by atoms with van der Waals surface area (Å²) in [5.74, 6) is -3.55. The Hall–Kier alpha value is -7.72. The van der Waals surface area contributed by atoms with Gasteiger partial charge in [-0.2, -0.15) is 0 Å². The third-order valence-electron chi connectivity index (χ3n) is 13.4. The van der Waals surface area contributed by atoms with Gasteiger partial charge in [0.25, 0.3) is 29.5 Å². The van der Waals surface area contributed by atoms with Crippen molar-refractivity contribution in [3.8, 4) is 33.3 Å². The van der Waals surface area contributed by atoms with Gasteiger partial charge in [0.2, 0.25) is 11.8 Å². The van der Waals surface area contributed by atoms with E-state index in [4.69, 9.17) is 9.26 Å². The van der Waals surface area contributed by atoms with E-state index in [1.54, 1.807) is 70.7 Å². The predicted octanol–water partition coefficient (Wildman–Crippen LogP) is 4.13. The van der Waals surface area contributed by atoms with E-state index in [0.29, 0.717) is 35.3 Å². The summed E-state index contributed by atoms with van der Waals surface area (Å²) in [7, 11) is 3.14. The van der Waals surface area contributed by atoms with E-state index in [1.165, 1.54) is 39.3 Å². The molecule has 75 heavy (non-hydrogen) atoms. The summed E-state index contributed by atoms with van der Waals surface area (Å²) in [6, 6.07) is 13.7. The van der Waals surface area contributed by atoms with Crippen LogP contribution in [0.1, 0.15) is 106 Å². The number of aromatic hydroxyl groups is 1. The lowest BCUT2D eigenvalue weighted by molar-refractivity contribution is -0.145. The first-order valence-electron chi connectivity index (χ1n) is 24.5. The van der Waals surface area contributed by atoms with Crippen LogP contribution in [0, 0.1) is 12.3 Å². The molecule has 8 rings (SSSR count). The number of carbonyl (C=O) groups excluding carboxylic acids is 7. The molecule has 0 bridgehead atoms. The first-order chi connectivity index (χ1) is 35.6. The third-order valence-corrected chi connectivity index (χ3v) is 14.4. The average molecular weight is 1050 g/mol. The van der Waals surface area contributed by atoms with E-state index in [1.807, 2.05) is 19.1 Å². The number of phenols is 1. The van der Waals surface area contributed by atoms with Crippen LogP contribution in [0.5, 0.6) is 11.5 Å². The van der Waals surface area contributed by atoms with E-state index in [0.717, 1.165) is 27.3 Å². The summed E-state index contributed by atoms with van der Waals surface area (Å²) in [5.41, 5.74) is 3.54. The van der Waals surface area contributed by atoms with E-state index in [9.17, 15) is 48.2 Å². The lowest BCUT2D eigenvalue weighted by Crippen LogP contribution is -2.59. The van der Waals surface area contributed by atoms with E-state index in [2.05, 4.69) is 36.7 Å². The second kappa shape index (κ2) is 22.0. The average Bonchev–Trinajstić information content (AvgIpc) is 3.85. The highest BCUT2D eigenvalue weighted by molar-refractivity contribution is 7.13. The molecule has 7 amide bonds. The molecule has 3 aliphatic rings. The zero-order valence-electron chi connectivity index (χ0n) is 42.4. The maximum absolute atomic E-state index is 14.7. The van der Waals surface area contributed by atoms with Crippen LogP contribution in [0.4, 0.5) is 4.39 Å². The predicted molar refractivity (Wildman–Crippen MR) is 272 cm³/mol. The molecule has 1 saturated heterocycles. The Morgan fingerprint density at radius 2 is 1.71 bits per heavy atom. The van der Waals surface area contributed by atoms with Crippen LogP contribution < -0.4 is 31.3 Å². The second-order valence-electron chi connectivity index (χ2n) is 20.3. The molecule has 396 valence electrons. The molecule has 1 aliphatic heterocycles. The van der Waals surface area contributed by atoms with Gasteiger partial charge in [0, 0.05) is 69.5 Å². The fraction of sp³-hybridized carbons (Fsp3) is 0.415. The fourth-order valence-electron chi connectivity index (χ4n) is 9.00. The number of likely N-dealkylation sites (tertiary alicyclic amines) is 1. The molecule has 1 saturated carbocycles. The van der Waals surface area contributed by atoms with Gasteiger partial charge in [-0.05, 0) is 85.0 Å². The number of benzene rings is 3. The monoisotopic (exact) mass is 1050 g/mol. The largest absolute Gasteiger partial charge is 0.507 e. The van der Waals surface area contributed by atoms with Gasteiger partial charge in [-0.15, -0.1) is 11.3 Å². The van der Waals surface area contributed by atoms with Crippen LogP contribution in [-0.4, -0.2) is 136 Å². The number of aliphatic hydroxyl groups is 1. The highest BCUT2D eigenvalue weighted by Gasteiger charge is 2.53. The zero-order valence-corrected chi connectivity index (χ0v) is 43.2. The van der Waals surface area contributed by atoms with E-state index >= 15 is 0 Å². The highest BCUT2D eigenvalue weighted by atomic mass is 32.1.